The fourth-order valence-electron chi connectivity index (χ4n) is 1.37. The monoisotopic (exact) mass is 244 g/mol. The van der Waals surface area contributed by atoms with Crippen molar-refractivity contribution in [2.45, 2.75) is 32.6 Å². The molecule has 2 atom stereocenters. The van der Waals surface area contributed by atoms with Crippen molar-refractivity contribution in [1.82, 2.24) is 9.78 Å². The van der Waals surface area contributed by atoms with E-state index in [-0.39, 0.29) is 5.25 Å². The summed E-state index contributed by atoms with van der Waals surface area (Å²) in [7, 11) is -0.825. The van der Waals surface area contributed by atoms with Crippen molar-refractivity contribution in [3.05, 3.63) is 5.69 Å². The zero-order valence-electron chi connectivity index (χ0n) is 10.3. The second-order valence-electron chi connectivity index (χ2n) is 3.85. The minimum Gasteiger partial charge on any atom is -0.394 e. The molecule has 0 saturated heterocycles. The first-order valence-electron chi connectivity index (χ1n) is 5.36. The van der Waals surface area contributed by atoms with E-state index in [2.05, 4.69) is 10.4 Å². The van der Waals surface area contributed by atoms with Crippen LogP contribution in [0.5, 0.6) is 0 Å². The van der Waals surface area contributed by atoms with E-state index in [0.29, 0.717) is 12.2 Å². The van der Waals surface area contributed by atoms with E-state index < -0.39 is 10.8 Å². The third-order valence-electron chi connectivity index (χ3n) is 2.60. The van der Waals surface area contributed by atoms with Crippen LogP contribution in [0.1, 0.15) is 19.5 Å². The molecule has 16 heavy (non-hydrogen) atoms. The molecule has 2 unspecified atom stereocenters. The van der Waals surface area contributed by atoms with Gasteiger partial charge in [0.2, 0.25) is 0 Å². The van der Waals surface area contributed by atoms with E-state index in [1.165, 1.54) is 0 Å². The van der Waals surface area contributed by atoms with Crippen LogP contribution in [0, 0.1) is 6.92 Å². The Hall–Kier alpha value is -1.04. The molecule has 0 fully saturated rings. The van der Waals surface area contributed by atoms with Gasteiger partial charge in [-0.05, 0) is 20.8 Å². The Morgan fingerprint density at radius 2 is 2.25 bits per heavy atom. The standard InChI is InChI=1S/C10H20N4OS/c1-5-14-10(9(11)8(3)13-14)12-6-7(2)16(4)15/h7,12H,5-6,11H2,1-4H3. The highest BCUT2D eigenvalue weighted by atomic mass is 32.2. The molecule has 0 amide bonds. The van der Waals surface area contributed by atoms with E-state index in [0.717, 1.165) is 18.1 Å². The molecule has 1 aromatic heterocycles. The number of nitrogens with one attached hydrogen (secondary N) is 1. The number of hydrogen-bond donors (Lipinski definition) is 2. The van der Waals surface area contributed by atoms with Crippen LogP contribution in [-0.2, 0) is 17.3 Å². The molecule has 3 N–H and O–H groups in total. The summed E-state index contributed by atoms with van der Waals surface area (Å²) in [4.78, 5) is 0. The van der Waals surface area contributed by atoms with Gasteiger partial charge in [-0.1, -0.05) is 0 Å². The smallest absolute Gasteiger partial charge is 0.148 e. The Labute approximate surface area is 98.9 Å². The Morgan fingerprint density at radius 3 is 2.75 bits per heavy atom. The summed E-state index contributed by atoms with van der Waals surface area (Å²) in [5, 5.41) is 7.62. The van der Waals surface area contributed by atoms with E-state index in [9.17, 15) is 4.21 Å². The summed E-state index contributed by atoms with van der Waals surface area (Å²) in [6.07, 6.45) is 1.71. The minimum absolute atomic E-state index is 0.0971. The second kappa shape index (κ2) is 5.34. The Balaban J connectivity index is 2.76. The minimum atomic E-state index is -0.825. The lowest BCUT2D eigenvalue weighted by Crippen LogP contribution is -2.22. The maximum absolute atomic E-state index is 11.2. The maximum atomic E-state index is 11.2. The average molecular weight is 244 g/mol. The van der Waals surface area contributed by atoms with Crippen LogP contribution < -0.4 is 11.1 Å². The summed E-state index contributed by atoms with van der Waals surface area (Å²) >= 11 is 0. The lowest BCUT2D eigenvalue weighted by atomic mass is 10.3. The van der Waals surface area contributed by atoms with Crippen molar-refractivity contribution in [1.29, 1.82) is 0 Å². The van der Waals surface area contributed by atoms with Crippen molar-refractivity contribution in [3.8, 4) is 0 Å². The molecule has 1 heterocycles. The summed E-state index contributed by atoms with van der Waals surface area (Å²) in [6, 6.07) is 0. The number of aryl methyl sites for hydroxylation is 2. The van der Waals surface area contributed by atoms with Gasteiger partial charge in [0, 0.05) is 35.4 Å². The van der Waals surface area contributed by atoms with Crippen molar-refractivity contribution in [3.63, 3.8) is 0 Å². The summed E-state index contributed by atoms with van der Waals surface area (Å²) in [5.74, 6) is 0.831. The largest absolute Gasteiger partial charge is 0.394 e. The molecule has 0 aliphatic heterocycles. The first-order chi connectivity index (χ1) is 7.47. The number of nitrogen functional groups attached to an aromatic ring is 1. The van der Waals surface area contributed by atoms with Crippen LogP contribution in [0.3, 0.4) is 0 Å². The Bertz CT molecular complexity index is 388. The number of hydrogen-bond acceptors (Lipinski definition) is 4. The normalized spacial score (nSPS) is 14.8. The highest BCUT2D eigenvalue weighted by Crippen LogP contribution is 2.21. The van der Waals surface area contributed by atoms with Gasteiger partial charge >= 0.3 is 0 Å². The number of rotatable bonds is 5. The highest BCUT2D eigenvalue weighted by molar-refractivity contribution is 7.84. The lowest BCUT2D eigenvalue weighted by molar-refractivity contribution is 0.655. The predicted molar refractivity (Wildman–Crippen MR) is 69.1 cm³/mol. The van der Waals surface area contributed by atoms with Gasteiger partial charge in [0.25, 0.3) is 0 Å². The third kappa shape index (κ3) is 2.75. The summed E-state index contributed by atoms with van der Waals surface area (Å²) in [5.41, 5.74) is 7.42. The van der Waals surface area contributed by atoms with Gasteiger partial charge in [0.1, 0.15) is 5.82 Å². The molecule has 0 aliphatic carbocycles. The van der Waals surface area contributed by atoms with E-state index >= 15 is 0 Å². The van der Waals surface area contributed by atoms with Crippen LogP contribution in [0.4, 0.5) is 11.5 Å². The SMILES string of the molecule is CCn1nc(C)c(N)c1NCC(C)S(C)=O. The van der Waals surface area contributed by atoms with Crippen LogP contribution in [0.2, 0.25) is 0 Å². The van der Waals surface area contributed by atoms with Gasteiger partial charge in [-0.3, -0.25) is 4.21 Å². The molecule has 92 valence electrons. The molecule has 1 aromatic rings. The zero-order valence-corrected chi connectivity index (χ0v) is 11.1. The molecular formula is C10H20N4OS. The molecule has 5 nitrogen and oxygen atoms in total. The number of anilines is 2. The topological polar surface area (TPSA) is 72.9 Å². The fourth-order valence-corrected chi connectivity index (χ4v) is 1.69. The molecular weight excluding hydrogens is 224 g/mol. The van der Waals surface area contributed by atoms with Gasteiger partial charge in [-0.2, -0.15) is 5.10 Å². The van der Waals surface area contributed by atoms with Gasteiger partial charge in [-0.15, -0.1) is 0 Å². The Kier molecular flexibility index (Phi) is 4.35. The van der Waals surface area contributed by atoms with Crippen LogP contribution >= 0.6 is 0 Å². The van der Waals surface area contributed by atoms with Gasteiger partial charge in [-0.25, -0.2) is 4.68 Å². The summed E-state index contributed by atoms with van der Waals surface area (Å²) < 4.78 is 13.1. The molecule has 1 rings (SSSR count). The first-order valence-corrected chi connectivity index (χ1v) is 6.98. The number of nitrogens with zero attached hydrogens (tertiary/aromatic N) is 2. The fraction of sp³-hybridized carbons (Fsp3) is 0.700. The number of aromatic nitrogens is 2. The molecule has 6 heteroatoms. The second-order valence-corrected chi connectivity index (χ2v) is 5.66. The highest BCUT2D eigenvalue weighted by Gasteiger charge is 2.13. The molecule has 0 radical (unpaired) electrons. The van der Waals surface area contributed by atoms with Crippen LogP contribution in [0.25, 0.3) is 0 Å². The zero-order chi connectivity index (χ0) is 12.3. The van der Waals surface area contributed by atoms with Gasteiger partial charge in [0.15, 0.2) is 0 Å². The predicted octanol–water partition coefficient (Wildman–Crippen LogP) is 0.973. The van der Waals surface area contributed by atoms with Crippen LogP contribution in [-0.4, -0.2) is 32.0 Å². The molecule has 0 spiro atoms. The molecule has 0 aromatic carbocycles. The van der Waals surface area contributed by atoms with E-state index in [1.54, 1.807) is 6.26 Å². The molecule has 0 aliphatic rings. The lowest BCUT2D eigenvalue weighted by Gasteiger charge is -2.12. The quantitative estimate of drug-likeness (QED) is 0.809. The molecule has 0 bridgehead atoms. The van der Waals surface area contributed by atoms with Crippen LogP contribution in [0.15, 0.2) is 0 Å². The first kappa shape index (κ1) is 13.0. The van der Waals surface area contributed by atoms with E-state index in [4.69, 9.17) is 5.73 Å². The van der Waals surface area contributed by atoms with Crippen molar-refractivity contribution in [2.75, 3.05) is 23.9 Å². The van der Waals surface area contributed by atoms with Crippen molar-refractivity contribution >= 4 is 22.3 Å². The summed E-state index contributed by atoms with van der Waals surface area (Å²) in [6.45, 7) is 7.24. The molecule has 0 saturated carbocycles. The average Bonchev–Trinajstić information content (AvgIpc) is 2.51. The van der Waals surface area contributed by atoms with Crippen molar-refractivity contribution in [2.24, 2.45) is 0 Å². The third-order valence-corrected chi connectivity index (χ3v) is 3.90. The van der Waals surface area contributed by atoms with Crippen molar-refractivity contribution < 1.29 is 4.21 Å². The van der Waals surface area contributed by atoms with Gasteiger partial charge in [0.05, 0.1) is 11.4 Å². The van der Waals surface area contributed by atoms with E-state index in [1.807, 2.05) is 25.5 Å². The number of nitrogens with two attached hydrogens (primary N) is 1. The Morgan fingerprint density at radius 1 is 1.62 bits per heavy atom. The van der Waals surface area contributed by atoms with Gasteiger partial charge < -0.3 is 11.1 Å². The maximum Gasteiger partial charge on any atom is 0.148 e.